The summed E-state index contributed by atoms with van der Waals surface area (Å²) in [4.78, 5) is 20.8. The molecule has 4 heterocycles. The molecule has 3 aliphatic heterocycles. The zero-order valence-corrected chi connectivity index (χ0v) is 37.5. The maximum atomic E-state index is 14.4. The van der Waals surface area contributed by atoms with Crippen molar-refractivity contribution in [3.63, 3.8) is 0 Å². The standard InChI is InChI=1S/C42H75N3O12S/c1-12-31-42(10,51)35(47)28(6)45(18-13-16-43-22-32-44-17-19-58-32)23-24(2)20-40(8,50)37(57-39-30(46)15-14-25(3)53-39)26(4)34(27(5)38(49)55-31)56-33-21-41(9,52-11)36(48)29(7)54-33/h17,19,24-31,33-37,39,43,46-48,50-51H,12-16,18,20-23H2,1-11H3/t24-,25-,26+,27-,28-,29+,30-,31-,33+,34+,35-,36+,37-,39+,40?,41-,42-/m1/s1. The molecule has 336 valence electrons. The number of esters is 1. The van der Waals surface area contributed by atoms with Crippen LogP contribution in [0, 0.1) is 17.8 Å². The van der Waals surface area contributed by atoms with Crippen LogP contribution in [0.4, 0.5) is 0 Å². The first kappa shape index (κ1) is 49.3. The number of methoxy groups -OCH3 is 1. The molecule has 0 radical (unpaired) electrons. The van der Waals surface area contributed by atoms with Gasteiger partial charge in [0.05, 0.1) is 41.5 Å². The molecule has 0 saturated carbocycles. The molecule has 1 unspecified atom stereocenters. The van der Waals surface area contributed by atoms with Crippen molar-refractivity contribution in [2.75, 3.05) is 26.7 Å². The number of cyclic esters (lactones) is 1. The summed E-state index contributed by atoms with van der Waals surface area (Å²) >= 11 is 1.59. The fourth-order valence-corrected chi connectivity index (χ4v) is 9.82. The van der Waals surface area contributed by atoms with E-state index in [-0.39, 0.29) is 31.3 Å². The molecule has 16 heteroatoms. The van der Waals surface area contributed by atoms with Crippen molar-refractivity contribution in [2.24, 2.45) is 17.8 Å². The highest BCUT2D eigenvalue weighted by Gasteiger charge is 2.52. The van der Waals surface area contributed by atoms with Crippen LogP contribution in [0.2, 0.25) is 0 Å². The number of ether oxygens (including phenoxy) is 6. The van der Waals surface area contributed by atoms with Crippen LogP contribution in [0.3, 0.4) is 0 Å². The van der Waals surface area contributed by atoms with Crippen LogP contribution in [0.15, 0.2) is 11.6 Å². The minimum atomic E-state index is -1.84. The predicted molar refractivity (Wildman–Crippen MR) is 219 cm³/mol. The minimum absolute atomic E-state index is 0.133. The number of carbonyl (C=O) groups is 1. The third kappa shape index (κ3) is 12.2. The summed E-state index contributed by atoms with van der Waals surface area (Å²) in [6.45, 7) is 20.1. The Bertz CT molecular complexity index is 1390. The number of rotatable bonds is 12. The smallest absolute Gasteiger partial charge is 0.311 e. The number of carbonyl (C=O) groups excluding carboxylic acids is 1. The Hall–Kier alpha value is -1.38. The van der Waals surface area contributed by atoms with Crippen molar-refractivity contribution in [1.29, 1.82) is 0 Å². The zero-order valence-electron chi connectivity index (χ0n) is 36.7. The highest BCUT2D eigenvalue weighted by molar-refractivity contribution is 7.09. The molecular weight excluding hydrogens is 771 g/mol. The Balaban J connectivity index is 1.74. The lowest BCUT2D eigenvalue weighted by Crippen LogP contribution is -2.60. The van der Waals surface area contributed by atoms with Gasteiger partial charge in [0.25, 0.3) is 0 Å². The molecule has 17 atom stereocenters. The summed E-state index contributed by atoms with van der Waals surface area (Å²) in [6.07, 6.45) is -5.02. The molecule has 3 aliphatic rings. The number of aliphatic hydroxyl groups is 5. The molecule has 3 saturated heterocycles. The molecule has 1 aromatic rings. The van der Waals surface area contributed by atoms with E-state index in [0.717, 1.165) is 11.4 Å². The summed E-state index contributed by atoms with van der Waals surface area (Å²) in [5, 5.41) is 65.1. The SMILES string of the molecule is CC[C@H]1OC(=O)[C@H](C)[C@@H](O[C@H]2C[C@@](C)(OC)[C@@H](O)[C@H](C)O2)[C@H](C)[C@@H](O[C@@H]2O[C@H](C)CC[C@H]2O)C(C)(O)C[C@@H](C)CN(CCCNCc2nccs2)[C@H](C)[C@@H](O)[C@]1(C)O. The first-order valence-corrected chi connectivity index (χ1v) is 22.2. The lowest BCUT2D eigenvalue weighted by atomic mass is 9.77. The Morgan fingerprint density at radius 2 is 1.71 bits per heavy atom. The number of aromatic nitrogens is 1. The molecule has 0 bridgehead atoms. The van der Waals surface area contributed by atoms with Gasteiger partial charge < -0.3 is 59.3 Å². The molecule has 0 spiro atoms. The fraction of sp³-hybridized carbons (Fsp3) is 0.905. The van der Waals surface area contributed by atoms with Crippen LogP contribution in [-0.2, 0) is 39.8 Å². The van der Waals surface area contributed by atoms with Gasteiger partial charge in [-0.05, 0) is 99.6 Å². The molecule has 58 heavy (non-hydrogen) atoms. The number of nitrogens with one attached hydrogen (secondary N) is 1. The van der Waals surface area contributed by atoms with Gasteiger partial charge in [0, 0.05) is 50.2 Å². The normalized spacial score (nSPS) is 44.3. The van der Waals surface area contributed by atoms with E-state index < -0.39 is 96.0 Å². The van der Waals surface area contributed by atoms with Gasteiger partial charge in [0.15, 0.2) is 12.6 Å². The summed E-state index contributed by atoms with van der Waals surface area (Å²) in [7, 11) is 1.51. The number of hydrogen-bond donors (Lipinski definition) is 6. The maximum absolute atomic E-state index is 14.4. The van der Waals surface area contributed by atoms with E-state index in [1.807, 2.05) is 33.1 Å². The van der Waals surface area contributed by atoms with Gasteiger partial charge in [-0.15, -0.1) is 11.3 Å². The second kappa shape index (κ2) is 21.1. The van der Waals surface area contributed by atoms with Gasteiger partial charge in [0.1, 0.15) is 35.0 Å². The molecule has 0 aromatic carbocycles. The molecular formula is C42H75N3O12S. The zero-order chi connectivity index (χ0) is 43.2. The molecule has 4 rings (SSSR count). The Morgan fingerprint density at radius 3 is 2.34 bits per heavy atom. The van der Waals surface area contributed by atoms with E-state index in [1.54, 1.807) is 52.2 Å². The quantitative estimate of drug-likeness (QED) is 0.132. The lowest BCUT2D eigenvalue weighted by molar-refractivity contribution is -0.314. The van der Waals surface area contributed by atoms with Gasteiger partial charge in [-0.25, -0.2) is 4.98 Å². The van der Waals surface area contributed by atoms with Gasteiger partial charge in [-0.2, -0.15) is 0 Å². The van der Waals surface area contributed by atoms with Crippen molar-refractivity contribution < 1.29 is 58.7 Å². The number of hydrogen-bond acceptors (Lipinski definition) is 16. The minimum Gasteiger partial charge on any atom is -0.459 e. The van der Waals surface area contributed by atoms with Crippen molar-refractivity contribution in [1.82, 2.24) is 15.2 Å². The molecule has 6 N–H and O–H groups in total. The van der Waals surface area contributed by atoms with E-state index in [4.69, 9.17) is 28.4 Å². The average molecular weight is 846 g/mol. The Kier molecular flexibility index (Phi) is 18.0. The van der Waals surface area contributed by atoms with Crippen LogP contribution in [0.5, 0.6) is 0 Å². The highest BCUT2D eigenvalue weighted by Crippen LogP contribution is 2.40. The lowest BCUT2D eigenvalue weighted by Gasteiger charge is -2.48. The summed E-state index contributed by atoms with van der Waals surface area (Å²) in [5.41, 5.74) is -4.42. The molecule has 15 nitrogen and oxygen atoms in total. The summed E-state index contributed by atoms with van der Waals surface area (Å²) < 4.78 is 37.6. The topological polar surface area (TPSA) is 202 Å². The third-order valence-electron chi connectivity index (χ3n) is 12.9. The predicted octanol–water partition coefficient (Wildman–Crippen LogP) is 3.37. The van der Waals surface area contributed by atoms with Crippen LogP contribution in [0.25, 0.3) is 0 Å². The van der Waals surface area contributed by atoms with E-state index in [1.165, 1.54) is 14.0 Å². The van der Waals surface area contributed by atoms with Crippen LogP contribution < -0.4 is 5.32 Å². The summed E-state index contributed by atoms with van der Waals surface area (Å²) in [6, 6.07) is -0.568. The van der Waals surface area contributed by atoms with E-state index in [0.29, 0.717) is 39.0 Å². The van der Waals surface area contributed by atoms with E-state index in [2.05, 4.69) is 15.2 Å². The Labute approximate surface area is 350 Å². The highest BCUT2D eigenvalue weighted by atomic mass is 32.1. The van der Waals surface area contributed by atoms with Gasteiger partial charge >= 0.3 is 5.97 Å². The van der Waals surface area contributed by atoms with Crippen molar-refractivity contribution >= 4 is 17.3 Å². The van der Waals surface area contributed by atoms with Crippen LogP contribution in [-0.4, -0.2) is 152 Å². The van der Waals surface area contributed by atoms with Gasteiger partial charge in [0.2, 0.25) is 0 Å². The second-order valence-corrected chi connectivity index (χ2v) is 19.0. The third-order valence-corrected chi connectivity index (χ3v) is 13.6. The fourth-order valence-electron chi connectivity index (χ4n) is 9.24. The van der Waals surface area contributed by atoms with Gasteiger partial charge in [-0.1, -0.05) is 20.8 Å². The number of thiazole rings is 1. The first-order chi connectivity index (χ1) is 27.1. The maximum Gasteiger partial charge on any atom is 0.311 e. The first-order valence-electron chi connectivity index (χ1n) is 21.3. The molecule has 0 amide bonds. The molecule has 0 aliphatic carbocycles. The van der Waals surface area contributed by atoms with E-state index >= 15 is 0 Å². The monoisotopic (exact) mass is 846 g/mol. The van der Waals surface area contributed by atoms with Crippen LogP contribution >= 0.6 is 11.3 Å². The van der Waals surface area contributed by atoms with Gasteiger partial charge in [-0.3, -0.25) is 9.69 Å². The Morgan fingerprint density at radius 1 is 1.00 bits per heavy atom. The van der Waals surface area contributed by atoms with Crippen LogP contribution in [0.1, 0.15) is 113 Å². The van der Waals surface area contributed by atoms with Crippen molar-refractivity contribution in [2.45, 2.75) is 199 Å². The second-order valence-electron chi connectivity index (χ2n) is 18.1. The van der Waals surface area contributed by atoms with E-state index in [9.17, 15) is 30.3 Å². The number of nitrogens with zero attached hydrogens (tertiary/aromatic N) is 2. The van der Waals surface area contributed by atoms with Crippen molar-refractivity contribution in [3.8, 4) is 0 Å². The average Bonchev–Trinajstić information content (AvgIpc) is 3.69. The largest absolute Gasteiger partial charge is 0.459 e. The summed E-state index contributed by atoms with van der Waals surface area (Å²) in [5.74, 6) is -2.61. The number of aliphatic hydroxyl groups excluding tert-OH is 3. The van der Waals surface area contributed by atoms with Crippen molar-refractivity contribution in [3.05, 3.63) is 16.6 Å². The molecule has 1 aromatic heterocycles. The molecule has 3 fully saturated rings.